The highest BCUT2D eigenvalue weighted by molar-refractivity contribution is 7.15. The Balaban J connectivity index is 2.65. The number of thiophene rings is 1. The maximum Gasteiger partial charge on any atom is 0.252 e. The first-order valence-electron chi connectivity index (χ1n) is 4.98. The van der Waals surface area contributed by atoms with Crippen LogP contribution in [0.4, 0.5) is 0 Å². The fourth-order valence-electron chi connectivity index (χ4n) is 1.60. The van der Waals surface area contributed by atoms with Gasteiger partial charge in [-0.25, -0.2) is 0 Å². The Morgan fingerprint density at radius 1 is 1.41 bits per heavy atom. The Labute approximate surface area is 102 Å². The van der Waals surface area contributed by atoms with Crippen molar-refractivity contribution >= 4 is 17.2 Å². The average molecular weight is 246 g/mol. The lowest BCUT2D eigenvalue weighted by atomic mass is 10.1. The summed E-state index contributed by atoms with van der Waals surface area (Å²) in [7, 11) is 0. The molecule has 0 aliphatic carbocycles. The third kappa shape index (κ3) is 1.95. The van der Waals surface area contributed by atoms with Gasteiger partial charge < -0.3 is 4.57 Å². The summed E-state index contributed by atoms with van der Waals surface area (Å²) in [5.41, 5.74) is 9.71. The second kappa shape index (κ2) is 4.45. The molecule has 5 nitrogen and oxygen atoms in total. The van der Waals surface area contributed by atoms with Gasteiger partial charge in [0.25, 0.3) is 5.91 Å². The van der Waals surface area contributed by atoms with Gasteiger partial charge in [-0.05, 0) is 42.2 Å². The largest absolute Gasteiger partial charge is 0.315 e. The van der Waals surface area contributed by atoms with E-state index in [0.29, 0.717) is 5.56 Å². The number of aromatic nitrogens is 1. The molecule has 2 aromatic rings. The topological polar surface area (TPSA) is 70.8 Å². The van der Waals surface area contributed by atoms with Crippen LogP contribution in [0.5, 0.6) is 0 Å². The molecule has 0 aromatic carbocycles. The highest BCUT2D eigenvalue weighted by Gasteiger charge is 2.19. The predicted molar refractivity (Wildman–Crippen MR) is 66.6 cm³/mol. The monoisotopic (exact) mass is 246 g/mol. The number of amides is 1. The summed E-state index contributed by atoms with van der Waals surface area (Å²) >= 11 is 1.51. The van der Waals surface area contributed by atoms with Gasteiger partial charge in [-0.1, -0.05) is 0 Å². The number of azide groups is 1. The summed E-state index contributed by atoms with van der Waals surface area (Å²) < 4.78 is 1.85. The van der Waals surface area contributed by atoms with E-state index in [2.05, 4.69) is 10.0 Å². The standard InChI is InChI=1S/C11H10N4OS/c1-7-8(2)17-11(15-5-3-4-6-15)9(7)10(16)13-14-12/h3-6H,1-2H3. The van der Waals surface area contributed by atoms with Crippen molar-refractivity contribution in [3.05, 3.63) is 51.0 Å². The van der Waals surface area contributed by atoms with Crippen molar-refractivity contribution in [2.75, 3.05) is 0 Å². The summed E-state index contributed by atoms with van der Waals surface area (Å²) in [6.07, 6.45) is 3.72. The van der Waals surface area contributed by atoms with Gasteiger partial charge in [0.1, 0.15) is 5.00 Å². The maximum absolute atomic E-state index is 11.8. The SMILES string of the molecule is Cc1sc(-n2cccc2)c(C(=O)N=[N+]=[N-])c1C. The van der Waals surface area contributed by atoms with Gasteiger partial charge in [0.2, 0.25) is 0 Å². The first-order valence-corrected chi connectivity index (χ1v) is 5.79. The van der Waals surface area contributed by atoms with E-state index in [1.165, 1.54) is 11.3 Å². The van der Waals surface area contributed by atoms with Crippen LogP contribution in [-0.2, 0) is 0 Å². The Morgan fingerprint density at radius 2 is 2.06 bits per heavy atom. The number of nitrogens with zero attached hydrogens (tertiary/aromatic N) is 4. The highest BCUT2D eigenvalue weighted by atomic mass is 32.1. The van der Waals surface area contributed by atoms with E-state index in [4.69, 9.17) is 5.53 Å². The number of carbonyl (C=O) groups excluding carboxylic acids is 1. The molecule has 0 saturated heterocycles. The lowest BCUT2D eigenvalue weighted by molar-refractivity contribution is 0.1000. The minimum absolute atomic E-state index is 0.488. The third-order valence-electron chi connectivity index (χ3n) is 2.56. The highest BCUT2D eigenvalue weighted by Crippen LogP contribution is 2.31. The van der Waals surface area contributed by atoms with Gasteiger partial charge in [-0.3, -0.25) is 4.79 Å². The van der Waals surface area contributed by atoms with Gasteiger partial charge in [-0.15, -0.1) is 11.3 Å². The van der Waals surface area contributed by atoms with Gasteiger partial charge in [-0.2, -0.15) is 0 Å². The zero-order valence-corrected chi connectivity index (χ0v) is 10.2. The lowest BCUT2D eigenvalue weighted by Crippen LogP contribution is -2.00. The molecule has 1 amide bonds. The second-order valence-corrected chi connectivity index (χ2v) is 4.75. The molecule has 0 N–H and O–H groups in total. The normalized spacial score (nSPS) is 10.0. The molecule has 0 aliphatic rings. The van der Waals surface area contributed by atoms with Crippen molar-refractivity contribution in [3.8, 4) is 5.00 Å². The molecule has 0 fully saturated rings. The molecule has 6 heteroatoms. The van der Waals surface area contributed by atoms with Crippen LogP contribution in [0, 0.1) is 13.8 Å². The zero-order chi connectivity index (χ0) is 12.4. The fraction of sp³-hybridized carbons (Fsp3) is 0.182. The molecule has 0 aliphatic heterocycles. The smallest absolute Gasteiger partial charge is 0.252 e. The first kappa shape index (κ1) is 11.4. The lowest BCUT2D eigenvalue weighted by Gasteiger charge is -2.02. The molecule has 0 spiro atoms. The molecule has 0 radical (unpaired) electrons. The summed E-state index contributed by atoms with van der Waals surface area (Å²) in [6, 6.07) is 3.76. The van der Waals surface area contributed by atoms with Gasteiger partial charge in [0.05, 0.1) is 5.56 Å². The van der Waals surface area contributed by atoms with E-state index in [0.717, 1.165) is 15.4 Å². The molecular weight excluding hydrogens is 236 g/mol. The summed E-state index contributed by atoms with van der Waals surface area (Å²) in [4.78, 5) is 15.4. The Kier molecular flexibility index (Phi) is 2.99. The Morgan fingerprint density at radius 3 is 2.65 bits per heavy atom. The molecule has 86 valence electrons. The van der Waals surface area contributed by atoms with E-state index >= 15 is 0 Å². The van der Waals surface area contributed by atoms with Crippen LogP contribution in [0.2, 0.25) is 0 Å². The van der Waals surface area contributed by atoms with Crippen LogP contribution in [0.3, 0.4) is 0 Å². The maximum atomic E-state index is 11.8. The third-order valence-corrected chi connectivity index (χ3v) is 3.78. The van der Waals surface area contributed by atoms with Gasteiger partial charge in [0.15, 0.2) is 0 Å². The quantitative estimate of drug-likeness (QED) is 0.453. The van der Waals surface area contributed by atoms with Crippen LogP contribution >= 0.6 is 11.3 Å². The first-order chi connectivity index (χ1) is 8.15. The molecule has 0 saturated carbocycles. The van der Waals surface area contributed by atoms with Crippen LogP contribution in [0.25, 0.3) is 15.4 Å². The van der Waals surface area contributed by atoms with Crippen molar-refractivity contribution in [1.82, 2.24) is 4.57 Å². The molecule has 17 heavy (non-hydrogen) atoms. The zero-order valence-electron chi connectivity index (χ0n) is 9.41. The molecule has 0 atom stereocenters. The van der Waals surface area contributed by atoms with Crippen LogP contribution in [-0.4, -0.2) is 10.5 Å². The van der Waals surface area contributed by atoms with E-state index in [1.807, 2.05) is 42.9 Å². The van der Waals surface area contributed by atoms with Crippen LogP contribution in [0.1, 0.15) is 20.8 Å². The van der Waals surface area contributed by atoms with Crippen LogP contribution in [0.15, 0.2) is 29.6 Å². The molecule has 2 rings (SSSR count). The van der Waals surface area contributed by atoms with E-state index in [-0.39, 0.29) is 0 Å². The van der Waals surface area contributed by atoms with Crippen molar-refractivity contribution in [1.29, 1.82) is 0 Å². The van der Waals surface area contributed by atoms with Crippen molar-refractivity contribution in [3.63, 3.8) is 0 Å². The Hall–Kier alpha value is -2.04. The van der Waals surface area contributed by atoms with Crippen molar-refractivity contribution in [2.45, 2.75) is 13.8 Å². The number of carbonyl (C=O) groups is 1. The van der Waals surface area contributed by atoms with Gasteiger partial charge >= 0.3 is 0 Å². The number of hydrogen-bond donors (Lipinski definition) is 0. The molecular formula is C11H10N4OS. The van der Waals surface area contributed by atoms with Crippen molar-refractivity contribution in [2.24, 2.45) is 5.11 Å². The van der Waals surface area contributed by atoms with Crippen LogP contribution < -0.4 is 0 Å². The summed E-state index contributed by atoms with van der Waals surface area (Å²) in [6.45, 7) is 3.80. The van der Waals surface area contributed by atoms with Gasteiger partial charge in [0, 0.05) is 22.2 Å². The predicted octanol–water partition coefficient (Wildman–Crippen LogP) is 3.61. The summed E-state index contributed by atoms with van der Waals surface area (Å²) in [5, 5.41) is 3.97. The second-order valence-electron chi connectivity index (χ2n) is 3.55. The molecule has 2 aromatic heterocycles. The fourth-order valence-corrected chi connectivity index (χ4v) is 2.72. The number of rotatable bonds is 2. The molecule has 0 unspecified atom stereocenters. The molecule has 2 heterocycles. The van der Waals surface area contributed by atoms with Crippen molar-refractivity contribution < 1.29 is 4.79 Å². The number of hydrogen-bond acceptors (Lipinski definition) is 2. The minimum atomic E-state index is -0.530. The van der Waals surface area contributed by atoms with E-state index in [9.17, 15) is 4.79 Å². The average Bonchev–Trinajstić information content (AvgIpc) is 2.88. The van der Waals surface area contributed by atoms with E-state index in [1.54, 1.807) is 0 Å². The summed E-state index contributed by atoms with van der Waals surface area (Å²) in [5.74, 6) is -0.530. The molecule has 0 bridgehead atoms. The van der Waals surface area contributed by atoms with E-state index < -0.39 is 5.91 Å². The minimum Gasteiger partial charge on any atom is -0.315 e. The number of aryl methyl sites for hydroxylation is 1. The Bertz CT molecular complexity index is 606.